The highest BCUT2D eigenvalue weighted by molar-refractivity contribution is 7.99. The van der Waals surface area contributed by atoms with Crippen molar-refractivity contribution in [2.45, 2.75) is 16.7 Å². The molecule has 3 aromatic heterocycles. The van der Waals surface area contributed by atoms with E-state index in [4.69, 9.17) is 9.68 Å². The van der Waals surface area contributed by atoms with Gasteiger partial charge < -0.3 is 4.42 Å². The monoisotopic (exact) mass is 361 g/mol. The van der Waals surface area contributed by atoms with E-state index in [9.17, 15) is 4.79 Å². The molecule has 0 aliphatic carbocycles. The van der Waals surface area contributed by atoms with Gasteiger partial charge >= 0.3 is 0 Å². The lowest BCUT2D eigenvalue weighted by Crippen LogP contribution is -2.23. The molecule has 3 heterocycles. The Hall–Kier alpha value is -3.44. The van der Waals surface area contributed by atoms with E-state index in [2.05, 4.69) is 15.2 Å². The maximum atomic E-state index is 13.0. The van der Waals surface area contributed by atoms with Crippen LogP contribution in [0.5, 0.6) is 0 Å². The van der Waals surface area contributed by atoms with Gasteiger partial charge in [0.15, 0.2) is 10.9 Å². The fourth-order valence-corrected chi connectivity index (χ4v) is 3.26. The number of rotatable bonds is 4. The van der Waals surface area contributed by atoms with Crippen LogP contribution >= 0.6 is 11.8 Å². The Morgan fingerprint density at radius 1 is 1.12 bits per heavy atom. The quantitative estimate of drug-likeness (QED) is 0.515. The van der Waals surface area contributed by atoms with Crippen LogP contribution in [0.1, 0.15) is 11.5 Å². The van der Waals surface area contributed by atoms with Crippen molar-refractivity contribution in [1.82, 2.24) is 19.7 Å². The van der Waals surface area contributed by atoms with Gasteiger partial charge in [0, 0.05) is 0 Å². The van der Waals surface area contributed by atoms with E-state index >= 15 is 0 Å². The van der Waals surface area contributed by atoms with Gasteiger partial charge in [0.2, 0.25) is 0 Å². The maximum Gasteiger partial charge on any atom is 0.262 e. The van der Waals surface area contributed by atoms with Crippen molar-refractivity contribution in [2.24, 2.45) is 0 Å². The molecule has 126 valence electrons. The molecular weight excluding hydrogens is 350 g/mol. The molecule has 0 atom stereocenters. The van der Waals surface area contributed by atoms with Crippen molar-refractivity contribution in [3.8, 4) is 6.07 Å². The Kier molecular flexibility index (Phi) is 4.21. The zero-order valence-electron chi connectivity index (χ0n) is 13.4. The Labute approximate surface area is 151 Å². The van der Waals surface area contributed by atoms with E-state index in [0.717, 1.165) is 0 Å². The van der Waals surface area contributed by atoms with Crippen molar-refractivity contribution in [2.75, 3.05) is 0 Å². The molecule has 26 heavy (non-hydrogen) atoms. The van der Waals surface area contributed by atoms with Gasteiger partial charge in [-0.3, -0.25) is 9.36 Å². The van der Waals surface area contributed by atoms with Crippen LogP contribution in [0.2, 0.25) is 0 Å². The van der Waals surface area contributed by atoms with Gasteiger partial charge in [0.1, 0.15) is 16.9 Å². The average molecular weight is 361 g/mol. The summed E-state index contributed by atoms with van der Waals surface area (Å²) in [4.78, 5) is 17.6. The Bertz CT molecular complexity index is 1160. The number of aromatic nitrogens is 4. The fraction of sp³-hybridized carbons (Fsp3) is 0.0556. The summed E-state index contributed by atoms with van der Waals surface area (Å²) in [5, 5.41) is 18.2. The largest absolute Gasteiger partial charge is 0.467 e. The third-order valence-corrected chi connectivity index (χ3v) is 4.59. The van der Waals surface area contributed by atoms with Crippen LogP contribution in [0.4, 0.5) is 0 Å². The molecular formula is C18H11N5O2S. The predicted molar refractivity (Wildman–Crippen MR) is 94.7 cm³/mol. The summed E-state index contributed by atoms with van der Waals surface area (Å²) < 4.78 is 6.93. The number of para-hydroxylation sites is 1. The zero-order chi connectivity index (χ0) is 17.9. The van der Waals surface area contributed by atoms with Crippen molar-refractivity contribution in [3.05, 3.63) is 76.6 Å². The first-order valence-electron chi connectivity index (χ1n) is 7.68. The Morgan fingerprint density at radius 3 is 2.73 bits per heavy atom. The molecule has 0 saturated carbocycles. The summed E-state index contributed by atoms with van der Waals surface area (Å²) in [5.41, 5.74) is 0.683. The zero-order valence-corrected chi connectivity index (χ0v) is 14.2. The van der Waals surface area contributed by atoms with Gasteiger partial charge in [0.25, 0.3) is 5.56 Å². The molecule has 1 aromatic carbocycles. The van der Waals surface area contributed by atoms with Gasteiger partial charge in [-0.25, -0.2) is 4.98 Å². The minimum absolute atomic E-state index is 0.156. The van der Waals surface area contributed by atoms with E-state index in [0.29, 0.717) is 26.8 Å². The molecule has 0 amide bonds. The summed E-state index contributed by atoms with van der Waals surface area (Å²) in [6.45, 7) is 0.260. The molecule has 0 aliphatic rings. The molecule has 0 spiro atoms. The molecule has 0 bridgehead atoms. The molecule has 4 aromatic rings. The summed E-state index contributed by atoms with van der Waals surface area (Å²) in [6, 6.07) is 15.9. The summed E-state index contributed by atoms with van der Waals surface area (Å²) in [7, 11) is 0. The van der Waals surface area contributed by atoms with Crippen LogP contribution in [0.25, 0.3) is 10.9 Å². The second kappa shape index (κ2) is 6.82. The van der Waals surface area contributed by atoms with Crippen LogP contribution in [-0.4, -0.2) is 19.7 Å². The summed E-state index contributed by atoms with van der Waals surface area (Å²) in [5.74, 6) is 0.650. The normalized spacial score (nSPS) is 10.7. The summed E-state index contributed by atoms with van der Waals surface area (Å²) in [6.07, 6.45) is 1.56. The van der Waals surface area contributed by atoms with E-state index in [1.807, 2.05) is 18.2 Å². The lowest BCUT2D eigenvalue weighted by atomic mass is 10.2. The first-order valence-corrected chi connectivity index (χ1v) is 8.50. The van der Waals surface area contributed by atoms with Crippen molar-refractivity contribution in [3.63, 3.8) is 0 Å². The highest BCUT2D eigenvalue weighted by Gasteiger charge is 2.14. The molecule has 4 rings (SSSR count). The van der Waals surface area contributed by atoms with Crippen LogP contribution in [0.3, 0.4) is 0 Å². The smallest absolute Gasteiger partial charge is 0.262 e. The number of hydrogen-bond acceptors (Lipinski definition) is 7. The molecule has 0 saturated heterocycles. The SMILES string of the molecule is N#Cc1ccc(Sc2nc3ccccc3c(=O)n2Cc2ccco2)nn1. The van der Waals surface area contributed by atoms with Gasteiger partial charge in [-0.1, -0.05) is 12.1 Å². The topological polar surface area (TPSA) is 97.6 Å². The van der Waals surface area contributed by atoms with Crippen LogP contribution in [-0.2, 0) is 6.54 Å². The fourth-order valence-electron chi connectivity index (χ4n) is 2.45. The lowest BCUT2D eigenvalue weighted by molar-refractivity contribution is 0.476. The second-order valence-corrected chi connectivity index (χ2v) is 6.34. The maximum absolute atomic E-state index is 13.0. The average Bonchev–Trinajstić information content (AvgIpc) is 3.19. The van der Waals surface area contributed by atoms with Gasteiger partial charge in [-0.2, -0.15) is 5.26 Å². The molecule has 0 unspecified atom stereocenters. The van der Waals surface area contributed by atoms with E-state index in [1.165, 1.54) is 11.8 Å². The lowest BCUT2D eigenvalue weighted by Gasteiger charge is -2.11. The third-order valence-electron chi connectivity index (χ3n) is 3.67. The highest BCUT2D eigenvalue weighted by atomic mass is 32.2. The first kappa shape index (κ1) is 16.1. The number of hydrogen-bond donors (Lipinski definition) is 0. The van der Waals surface area contributed by atoms with E-state index < -0.39 is 0 Å². The van der Waals surface area contributed by atoms with Crippen molar-refractivity contribution >= 4 is 22.7 Å². The Morgan fingerprint density at radius 2 is 2.00 bits per heavy atom. The second-order valence-electron chi connectivity index (χ2n) is 5.35. The Balaban J connectivity index is 1.82. The first-order chi connectivity index (χ1) is 12.7. The standard InChI is InChI=1S/C18H11N5O2S/c19-10-12-7-8-16(22-21-12)26-18-20-15-6-2-1-5-14(15)17(24)23(18)11-13-4-3-9-25-13/h1-9H,11H2. The predicted octanol–water partition coefficient (Wildman–Crippen LogP) is 2.85. The molecule has 8 heteroatoms. The number of benzene rings is 1. The van der Waals surface area contributed by atoms with Crippen LogP contribution < -0.4 is 5.56 Å². The van der Waals surface area contributed by atoms with Crippen molar-refractivity contribution < 1.29 is 4.42 Å². The van der Waals surface area contributed by atoms with E-state index in [-0.39, 0.29) is 17.8 Å². The van der Waals surface area contributed by atoms with Crippen molar-refractivity contribution in [1.29, 1.82) is 5.26 Å². The molecule has 7 nitrogen and oxygen atoms in total. The summed E-state index contributed by atoms with van der Waals surface area (Å²) >= 11 is 1.21. The third kappa shape index (κ3) is 3.08. The number of nitriles is 1. The number of fused-ring (bicyclic) bond motifs is 1. The van der Waals surface area contributed by atoms with Gasteiger partial charge in [-0.15, -0.1) is 10.2 Å². The molecule has 0 radical (unpaired) electrons. The van der Waals surface area contributed by atoms with Gasteiger partial charge in [0.05, 0.1) is 23.7 Å². The highest BCUT2D eigenvalue weighted by Crippen LogP contribution is 2.25. The van der Waals surface area contributed by atoms with E-state index in [1.54, 1.807) is 47.2 Å². The molecule has 0 N–H and O–H groups in total. The minimum Gasteiger partial charge on any atom is -0.467 e. The number of furan rings is 1. The molecule has 0 aliphatic heterocycles. The number of nitrogens with zero attached hydrogens (tertiary/aromatic N) is 5. The minimum atomic E-state index is -0.156. The van der Waals surface area contributed by atoms with Crippen LogP contribution in [0, 0.1) is 11.3 Å². The van der Waals surface area contributed by atoms with Crippen LogP contribution in [0.15, 0.2) is 74.2 Å². The van der Waals surface area contributed by atoms with Gasteiger partial charge in [-0.05, 0) is 48.2 Å². The molecule has 0 fully saturated rings.